The molecule has 5 aliphatic rings. The van der Waals surface area contributed by atoms with E-state index in [1.807, 2.05) is 5.01 Å². The Morgan fingerprint density at radius 1 is 0.826 bits per heavy atom. The fourth-order valence-corrected chi connectivity index (χ4v) is 6.80. The van der Waals surface area contributed by atoms with Crippen LogP contribution in [-0.4, -0.2) is 27.8 Å². The highest BCUT2D eigenvalue weighted by Crippen LogP contribution is 2.85. The van der Waals surface area contributed by atoms with E-state index in [0.29, 0.717) is 0 Å². The monoisotopic (exact) mass is 316 g/mol. The maximum atomic E-state index is 6.67. The summed E-state index contributed by atoms with van der Waals surface area (Å²) in [5.74, 6) is 6.67. The number of azo groups is 2. The van der Waals surface area contributed by atoms with Gasteiger partial charge in [0.1, 0.15) is 0 Å². The SMILES string of the molecule is CC1=C(C)CC23C4(C)N=NC2(C)N(N)C2(C)N=NC(C)(O4)C23C1. The zero-order valence-corrected chi connectivity index (χ0v) is 14.6. The number of hydrogen-bond donors (Lipinski definition) is 1. The first-order chi connectivity index (χ1) is 10.5. The Balaban J connectivity index is 1.97. The van der Waals surface area contributed by atoms with Crippen LogP contribution in [0.3, 0.4) is 0 Å². The van der Waals surface area contributed by atoms with Crippen molar-refractivity contribution in [1.29, 1.82) is 0 Å². The molecule has 0 radical (unpaired) electrons. The second-order valence-electron chi connectivity index (χ2n) is 8.60. The Hall–Kier alpha value is -1.18. The third kappa shape index (κ3) is 0.914. The van der Waals surface area contributed by atoms with Gasteiger partial charge in [0.2, 0.25) is 0 Å². The molecule has 0 aromatic heterocycles. The van der Waals surface area contributed by atoms with Gasteiger partial charge in [0.25, 0.3) is 0 Å². The first-order valence-electron chi connectivity index (χ1n) is 8.32. The molecule has 7 heteroatoms. The fraction of sp³-hybridized carbons (Fsp3) is 0.875. The summed E-state index contributed by atoms with van der Waals surface area (Å²) in [5, 5.41) is 20.4. The molecule has 1 aliphatic carbocycles. The van der Waals surface area contributed by atoms with E-state index in [-0.39, 0.29) is 10.8 Å². The molecule has 4 heterocycles. The fourth-order valence-electron chi connectivity index (χ4n) is 6.80. The molecule has 7 nitrogen and oxygen atoms in total. The predicted molar refractivity (Wildman–Crippen MR) is 82.9 cm³/mol. The Morgan fingerprint density at radius 2 is 1.22 bits per heavy atom. The standard InChI is InChI=1S/C16H24N6O/c1-9-7-15-11(3)18-20-13(15,5)23-14(6)16(15,8-10(9)2)12(4,19-21-14)22(11)17/h7-8,17H2,1-6H3. The molecule has 0 bridgehead atoms. The molecule has 0 aromatic carbocycles. The topological polar surface area (TPSA) is 87.9 Å². The van der Waals surface area contributed by atoms with Crippen molar-refractivity contribution >= 4 is 0 Å². The minimum Gasteiger partial charge on any atom is -0.322 e. The van der Waals surface area contributed by atoms with Crippen LogP contribution in [0.15, 0.2) is 31.6 Å². The first-order valence-corrected chi connectivity index (χ1v) is 8.32. The lowest BCUT2D eigenvalue weighted by Crippen LogP contribution is -2.60. The summed E-state index contributed by atoms with van der Waals surface area (Å²) in [6.45, 7) is 12.7. The van der Waals surface area contributed by atoms with E-state index >= 15 is 0 Å². The van der Waals surface area contributed by atoms with Crippen LogP contribution in [-0.2, 0) is 4.74 Å². The number of allylic oxidation sites excluding steroid dienone is 2. The molecule has 124 valence electrons. The number of hydrazine groups is 1. The largest absolute Gasteiger partial charge is 0.322 e. The highest BCUT2D eigenvalue weighted by atomic mass is 16.6. The molecule has 0 saturated carbocycles. The van der Waals surface area contributed by atoms with Crippen LogP contribution in [0, 0.1) is 10.8 Å². The van der Waals surface area contributed by atoms with Gasteiger partial charge in [-0.3, -0.25) is 5.84 Å². The summed E-state index contributed by atoms with van der Waals surface area (Å²) in [7, 11) is 0. The van der Waals surface area contributed by atoms with E-state index in [0.717, 1.165) is 12.8 Å². The first kappa shape index (κ1) is 14.2. The zero-order valence-electron chi connectivity index (χ0n) is 14.6. The van der Waals surface area contributed by atoms with Crippen LogP contribution in [0.5, 0.6) is 0 Å². The van der Waals surface area contributed by atoms with Gasteiger partial charge in [0, 0.05) is 0 Å². The van der Waals surface area contributed by atoms with E-state index < -0.39 is 22.8 Å². The molecular formula is C16H24N6O. The highest BCUT2D eigenvalue weighted by molar-refractivity contribution is 5.45. The Bertz CT molecular complexity index is 702. The Labute approximate surface area is 136 Å². The lowest BCUT2D eigenvalue weighted by Gasteiger charge is -2.51. The zero-order chi connectivity index (χ0) is 16.7. The average Bonchev–Trinajstić information content (AvgIpc) is 2.95. The summed E-state index contributed by atoms with van der Waals surface area (Å²) in [4.78, 5) is 0. The van der Waals surface area contributed by atoms with Crippen molar-refractivity contribution in [3.8, 4) is 0 Å². The smallest absolute Gasteiger partial charge is 0.189 e. The van der Waals surface area contributed by atoms with Crippen LogP contribution in [0.25, 0.3) is 0 Å². The number of nitrogens with two attached hydrogens (primary N) is 1. The van der Waals surface area contributed by atoms with Gasteiger partial charge in [-0.25, -0.2) is 0 Å². The van der Waals surface area contributed by atoms with Crippen LogP contribution in [0.1, 0.15) is 54.4 Å². The second kappa shape index (κ2) is 3.17. The minimum absolute atomic E-state index is 0.363. The molecule has 2 N–H and O–H groups in total. The van der Waals surface area contributed by atoms with Crippen LogP contribution < -0.4 is 5.84 Å². The molecule has 0 amide bonds. The molecule has 2 saturated heterocycles. The molecule has 2 fully saturated rings. The van der Waals surface area contributed by atoms with Crippen molar-refractivity contribution in [2.75, 3.05) is 0 Å². The van der Waals surface area contributed by atoms with E-state index in [1.54, 1.807) is 0 Å². The average molecular weight is 316 g/mol. The Morgan fingerprint density at radius 3 is 1.61 bits per heavy atom. The summed E-state index contributed by atoms with van der Waals surface area (Å²) in [6, 6.07) is 0. The Kier molecular flexibility index (Phi) is 1.95. The summed E-state index contributed by atoms with van der Waals surface area (Å²) >= 11 is 0. The minimum atomic E-state index is -0.729. The van der Waals surface area contributed by atoms with Crippen molar-refractivity contribution in [2.24, 2.45) is 37.1 Å². The van der Waals surface area contributed by atoms with Gasteiger partial charge in [-0.1, -0.05) is 11.1 Å². The predicted octanol–water partition coefficient (Wildman–Crippen LogP) is 3.11. The van der Waals surface area contributed by atoms with Crippen molar-refractivity contribution in [3.63, 3.8) is 0 Å². The number of ether oxygens (including phenoxy) is 1. The van der Waals surface area contributed by atoms with Crippen molar-refractivity contribution in [2.45, 2.75) is 77.2 Å². The van der Waals surface area contributed by atoms with E-state index in [1.165, 1.54) is 11.1 Å². The lowest BCUT2D eigenvalue weighted by molar-refractivity contribution is -0.127. The molecule has 23 heavy (non-hydrogen) atoms. The number of hydrogen-bond acceptors (Lipinski definition) is 7. The van der Waals surface area contributed by atoms with Crippen molar-refractivity contribution in [1.82, 2.24) is 5.01 Å². The van der Waals surface area contributed by atoms with Gasteiger partial charge in [0.05, 0.1) is 10.8 Å². The van der Waals surface area contributed by atoms with Gasteiger partial charge in [0.15, 0.2) is 22.8 Å². The van der Waals surface area contributed by atoms with Gasteiger partial charge in [-0.15, -0.1) is 0 Å². The summed E-state index contributed by atoms with van der Waals surface area (Å²) in [6.07, 6.45) is 1.73. The van der Waals surface area contributed by atoms with E-state index in [4.69, 9.17) is 10.6 Å². The van der Waals surface area contributed by atoms with Crippen LogP contribution in [0.4, 0.5) is 0 Å². The van der Waals surface area contributed by atoms with Crippen LogP contribution >= 0.6 is 0 Å². The van der Waals surface area contributed by atoms with Crippen LogP contribution in [0.2, 0.25) is 0 Å². The molecule has 4 aliphatic heterocycles. The normalized spacial score (nSPS) is 62.4. The molecule has 5 rings (SSSR count). The quantitative estimate of drug-likeness (QED) is 0.550. The van der Waals surface area contributed by atoms with Gasteiger partial charge < -0.3 is 4.74 Å². The van der Waals surface area contributed by atoms with E-state index in [9.17, 15) is 0 Å². The number of nitrogens with zero attached hydrogens (tertiary/aromatic N) is 5. The molecule has 6 atom stereocenters. The second-order valence-corrected chi connectivity index (χ2v) is 8.60. The molecule has 0 aromatic rings. The van der Waals surface area contributed by atoms with Gasteiger partial charge in [-0.2, -0.15) is 25.5 Å². The maximum Gasteiger partial charge on any atom is 0.189 e. The highest BCUT2D eigenvalue weighted by Gasteiger charge is 2.96. The number of rotatable bonds is 0. The third-order valence-electron chi connectivity index (χ3n) is 7.93. The molecular weight excluding hydrogens is 292 g/mol. The van der Waals surface area contributed by atoms with Crippen molar-refractivity contribution in [3.05, 3.63) is 11.1 Å². The van der Waals surface area contributed by atoms with Gasteiger partial charge in [-0.05, 0) is 54.4 Å². The molecule has 2 spiro atoms. The summed E-state index contributed by atoms with van der Waals surface area (Å²) < 4.78 is 6.56. The summed E-state index contributed by atoms with van der Waals surface area (Å²) in [5.41, 5.74) is -0.696. The molecule has 6 unspecified atom stereocenters. The lowest BCUT2D eigenvalue weighted by atomic mass is 9.46. The van der Waals surface area contributed by atoms with Gasteiger partial charge >= 0.3 is 0 Å². The maximum absolute atomic E-state index is 6.67. The third-order valence-corrected chi connectivity index (χ3v) is 7.93. The van der Waals surface area contributed by atoms with Crippen molar-refractivity contribution < 1.29 is 4.74 Å². The van der Waals surface area contributed by atoms with E-state index in [2.05, 4.69) is 62.0 Å².